The lowest BCUT2D eigenvalue weighted by molar-refractivity contribution is -0.467. The molecule has 1 fully saturated rings. The van der Waals surface area contributed by atoms with Gasteiger partial charge in [0, 0.05) is 63.8 Å². The third-order valence-corrected chi connectivity index (χ3v) is 8.75. The van der Waals surface area contributed by atoms with E-state index < -0.39 is 0 Å². The zero-order valence-electron chi connectivity index (χ0n) is 21.3. The number of piperazine rings is 1. The molecule has 0 bridgehead atoms. The van der Waals surface area contributed by atoms with Crippen LogP contribution in [0.5, 0.6) is 0 Å². The van der Waals surface area contributed by atoms with Crippen molar-refractivity contribution in [1.82, 2.24) is 10.2 Å². The van der Waals surface area contributed by atoms with Crippen molar-refractivity contribution in [3.05, 3.63) is 69.5 Å². The minimum absolute atomic E-state index is 0.0371. The van der Waals surface area contributed by atoms with Crippen LogP contribution in [0, 0.1) is 5.82 Å². The largest absolute Gasteiger partial charge is 0.368 e. The number of anilines is 2. The number of hydrogen-bond donors (Lipinski definition) is 2. The molecule has 3 atom stereocenters. The molecule has 3 heterocycles. The third kappa shape index (κ3) is 5.63. The fourth-order valence-corrected chi connectivity index (χ4v) is 6.49. The monoisotopic (exact) mass is 541 g/mol. The zero-order valence-corrected chi connectivity index (χ0v) is 23.0. The maximum absolute atomic E-state index is 14.8. The second kappa shape index (κ2) is 11.0. The molecule has 3 aliphatic rings. The van der Waals surface area contributed by atoms with Gasteiger partial charge in [0.1, 0.15) is 12.4 Å². The van der Waals surface area contributed by atoms with Gasteiger partial charge in [0.05, 0.1) is 16.5 Å². The van der Waals surface area contributed by atoms with Crippen LogP contribution in [0.25, 0.3) is 0 Å². The number of likely N-dealkylation sites (N-methyl/N-ethyl adjacent to an activating group) is 1. The Balaban J connectivity index is 1.23. The van der Waals surface area contributed by atoms with Crippen molar-refractivity contribution in [3.8, 4) is 0 Å². The highest BCUT2D eigenvalue weighted by Gasteiger charge is 2.33. The smallest absolute Gasteiger partial charge is 0.255 e. The topological polar surface area (TPSA) is 63.0 Å². The SMILES string of the molecule is CC[N+]1=CC2=C1PC(NC(C)c1cc(NC(=O)c3ccc(N4CCN(C)CC4)c(Cl)c3)ccc1F)C=N2. The average molecular weight is 542 g/mol. The number of nitrogens with one attached hydrogen (secondary N) is 2. The number of amides is 1. The molecule has 0 radical (unpaired) electrons. The lowest BCUT2D eigenvalue weighted by atomic mass is 10.1. The number of halogens is 2. The minimum atomic E-state index is -0.319. The van der Waals surface area contributed by atoms with E-state index in [0.29, 0.717) is 30.4 Å². The van der Waals surface area contributed by atoms with E-state index >= 15 is 0 Å². The third-order valence-electron chi connectivity index (χ3n) is 7.01. The lowest BCUT2D eigenvalue weighted by Crippen LogP contribution is -2.44. The van der Waals surface area contributed by atoms with Crippen molar-refractivity contribution in [2.24, 2.45) is 4.99 Å². The highest BCUT2D eigenvalue weighted by Crippen LogP contribution is 2.39. The normalized spacial score (nSPS) is 20.9. The second-order valence-electron chi connectivity index (χ2n) is 9.58. The molecule has 5 rings (SSSR count). The predicted octanol–water partition coefficient (Wildman–Crippen LogP) is 4.51. The predicted molar refractivity (Wildman–Crippen MR) is 152 cm³/mol. The van der Waals surface area contributed by atoms with Gasteiger partial charge in [0.25, 0.3) is 5.91 Å². The number of hydrogen-bond acceptors (Lipinski definition) is 5. The molecule has 0 aromatic heterocycles. The van der Waals surface area contributed by atoms with Crippen LogP contribution in [0.15, 0.2) is 52.5 Å². The molecular weight excluding hydrogens is 510 g/mol. The van der Waals surface area contributed by atoms with Crippen LogP contribution in [-0.4, -0.2) is 73.4 Å². The van der Waals surface area contributed by atoms with E-state index in [-0.39, 0.29) is 23.5 Å². The van der Waals surface area contributed by atoms with Crippen molar-refractivity contribution in [2.75, 3.05) is 50.0 Å². The first kappa shape index (κ1) is 26.0. The fraction of sp³-hybridized carbons (Fsp3) is 0.370. The van der Waals surface area contributed by atoms with Crippen LogP contribution < -0.4 is 15.5 Å². The number of allylic oxidation sites excluding steroid dienone is 1. The summed E-state index contributed by atoms with van der Waals surface area (Å²) in [6.45, 7) is 8.70. The number of aliphatic imine (C=N–C) groups is 1. The summed E-state index contributed by atoms with van der Waals surface area (Å²) in [4.78, 5) is 22.0. The Morgan fingerprint density at radius 2 is 2.03 bits per heavy atom. The van der Waals surface area contributed by atoms with Crippen LogP contribution >= 0.6 is 20.2 Å². The number of rotatable bonds is 7. The quantitative estimate of drug-likeness (QED) is 0.400. The summed E-state index contributed by atoms with van der Waals surface area (Å²) in [6.07, 6.45) is 3.95. The molecule has 2 aromatic carbocycles. The van der Waals surface area contributed by atoms with Crippen molar-refractivity contribution in [3.63, 3.8) is 0 Å². The first-order valence-corrected chi connectivity index (χ1v) is 14.0. The molecule has 2 N–H and O–H groups in total. The van der Waals surface area contributed by atoms with Crippen LogP contribution in [0.1, 0.15) is 35.8 Å². The van der Waals surface area contributed by atoms with Crippen LogP contribution in [-0.2, 0) is 0 Å². The van der Waals surface area contributed by atoms with Gasteiger partial charge in [0.2, 0.25) is 11.7 Å². The van der Waals surface area contributed by atoms with Gasteiger partial charge in [-0.15, -0.1) is 0 Å². The summed E-state index contributed by atoms with van der Waals surface area (Å²) in [5, 5.41) is 6.92. The van der Waals surface area contributed by atoms with Gasteiger partial charge < -0.3 is 15.1 Å². The molecular formula is C27H32ClFN6OP+. The molecule has 3 aliphatic heterocycles. The Morgan fingerprint density at radius 3 is 2.76 bits per heavy atom. The van der Waals surface area contributed by atoms with Crippen LogP contribution in [0.4, 0.5) is 15.8 Å². The first-order chi connectivity index (χ1) is 17.8. The van der Waals surface area contributed by atoms with Crippen molar-refractivity contribution >= 4 is 49.9 Å². The maximum atomic E-state index is 14.8. The van der Waals surface area contributed by atoms with Crippen LogP contribution in [0.3, 0.4) is 0 Å². The maximum Gasteiger partial charge on any atom is 0.255 e. The van der Waals surface area contributed by atoms with E-state index in [0.717, 1.165) is 44.1 Å². The summed E-state index contributed by atoms with van der Waals surface area (Å²) < 4.78 is 17.0. The first-order valence-electron chi connectivity index (χ1n) is 12.6. The Morgan fingerprint density at radius 1 is 1.24 bits per heavy atom. The number of carbonyl (C=O) groups is 1. The van der Waals surface area contributed by atoms with E-state index in [4.69, 9.17) is 11.6 Å². The molecule has 1 amide bonds. The summed E-state index contributed by atoms with van der Waals surface area (Å²) in [5.41, 5.74) is 4.71. The van der Waals surface area contributed by atoms with Crippen molar-refractivity contribution in [2.45, 2.75) is 25.7 Å². The van der Waals surface area contributed by atoms with Gasteiger partial charge in [-0.05, 0) is 57.3 Å². The van der Waals surface area contributed by atoms with Crippen molar-refractivity contribution in [1.29, 1.82) is 0 Å². The fourth-order valence-electron chi connectivity index (χ4n) is 4.75. The Labute approximate surface area is 223 Å². The zero-order chi connectivity index (χ0) is 26.1. The van der Waals surface area contributed by atoms with Gasteiger partial charge >= 0.3 is 0 Å². The van der Waals surface area contributed by atoms with E-state index in [1.807, 2.05) is 19.2 Å². The number of carbonyl (C=O) groups excluding carboxylic acids is 1. The Kier molecular flexibility index (Phi) is 7.72. The molecule has 10 heteroatoms. The lowest BCUT2D eigenvalue weighted by Gasteiger charge is -2.34. The molecule has 0 spiro atoms. The van der Waals surface area contributed by atoms with E-state index in [2.05, 4.69) is 50.2 Å². The Bertz CT molecular complexity index is 1300. The van der Waals surface area contributed by atoms with Gasteiger partial charge in [-0.25, -0.2) is 9.38 Å². The minimum Gasteiger partial charge on any atom is -0.368 e. The molecule has 0 aliphatic carbocycles. The van der Waals surface area contributed by atoms with Gasteiger partial charge in [0.15, 0.2) is 5.70 Å². The summed E-state index contributed by atoms with van der Waals surface area (Å²) in [7, 11) is 2.64. The highest BCUT2D eigenvalue weighted by molar-refractivity contribution is 7.44. The molecule has 37 heavy (non-hydrogen) atoms. The number of benzene rings is 2. The molecule has 1 saturated heterocycles. The molecule has 7 nitrogen and oxygen atoms in total. The Hall–Kier alpha value is -2.64. The standard InChI is InChI=1S/C27H31ClFN6OP/c1-4-34-16-23-27(34)37-25(15-30-23)31-17(2)20-14-19(6-7-22(20)29)32-26(36)18-5-8-24(21(28)13-18)35-11-9-33(3)10-12-35/h5-8,13-17,25,31,37H,4,9-12H2,1-3H3/p+1. The van der Waals surface area contributed by atoms with E-state index in [1.54, 1.807) is 24.3 Å². The van der Waals surface area contributed by atoms with Crippen molar-refractivity contribution < 1.29 is 13.8 Å². The van der Waals surface area contributed by atoms with Gasteiger partial charge in [-0.1, -0.05) is 11.6 Å². The highest BCUT2D eigenvalue weighted by atomic mass is 35.5. The summed E-state index contributed by atoms with van der Waals surface area (Å²) >= 11 is 6.56. The summed E-state index contributed by atoms with van der Waals surface area (Å²) in [5.74, 6) is -0.568. The van der Waals surface area contributed by atoms with Crippen LogP contribution in [0.2, 0.25) is 5.02 Å². The second-order valence-corrected chi connectivity index (χ2v) is 11.4. The van der Waals surface area contributed by atoms with Gasteiger partial charge in [-0.2, -0.15) is 4.58 Å². The summed E-state index contributed by atoms with van der Waals surface area (Å²) in [6, 6.07) is 9.78. The average Bonchev–Trinajstić information content (AvgIpc) is 2.87. The molecule has 3 unspecified atom stereocenters. The molecule has 0 saturated carbocycles. The number of nitrogens with zero attached hydrogens (tertiary/aromatic N) is 4. The van der Waals surface area contributed by atoms with Gasteiger partial charge in [-0.3, -0.25) is 10.1 Å². The molecule has 2 aromatic rings. The van der Waals surface area contributed by atoms with E-state index in [1.165, 1.54) is 11.5 Å². The molecule has 194 valence electrons. The van der Waals surface area contributed by atoms with E-state index in [9.17, 15) is 9.18 Å².